The van der Waals surface area contributed by atoms with Gasteiger partial charge in [-0.05, 0) is 19.1 Å². The number of piperazine rings is 1. The van der Waals surface area contributed by atoms with Crippen molar-refractivity contribution in [2.75, 3.05) is 36.4 Å². The van der Waals surface area contributed by atoms with Gasteiger partial charge in [-0.3, -0.25) is 14.6 Å². The molecular weight excluding hydrogens is 554 g/mol. The van der Waals surface area contributed by atoms with E-state index in [0.29, 0.717) is 64.9 Å². The number of aromatic nitrogens is 3. The Kier molecular flexibility index (Phi) is 8.25. The van der Waals surface area contributed by atoms with Gasteiger partial charge in [-0.2, -0.15) is 0 Å². The molecule has 0 aliphatic carbocycles. The van der Waals surface area contributed by atoms with Crippen LogP contribution in [-0.4, -0.2) is 63.0 Å². The topological polar surface area (TPSA) is 112 Å². The number of carboxylic acids is 1. The Morgan fingerprint density at radius 2 is 1.71 bits per heavy atom. The summed E-state index contributed by atoms with van der Waals surface area (Å²) in [6, 6.07) is 8.96. The summed E-state index contributed by atoms with van der Waals surface area (Å²) in [4.78, 5) is 39.6. The van der Waals surface area contributed by atoms with Gasteiger partial charge in [-0.25, -0.2) is 18.7 Å². The molecule has 212 valence electrons. The number of aliphatic carboxylic acids is 1. The fourth-order valence-electron chi connectivity index (χ4n) is 4.83. The maximum absolute atomic E-state index is 15.2. The quantitative estimate of drug-likeness (QED) is 0.288. The number of carbonyl (C=O) groups excluding carboxylic acids is 1. The zero-order valence-electron chi connectivity index (χ0n) is 22.1. The van der Waals surface area contributed by atoms with E-state index in [4.69, 9.17) is 16.7 Å². The van der Waals surface area contributed by atoms with E-state index in [1.54, 1.807) is 29.2 Å². The average Bonchev–Trinajstić information content (AvgIpc) is 2.97. The highest BCUT2D eigenvalue weighted by atomic mass is 35.5. The van der Waals surface area contributed by atoms with Crippen molar-refractivity contribution in [3.63, 3.8) is 0 Å². The molecule has 2 aromatic carbocycles. The molecule has 0 spiro atoms. The normalized spacial score (nSPS) is 14.2. The fraction of sp³-hybridized carbons (Fsp3) is 0.276. The molecule has 9 nitrogen and oxygen atoms in total. The number of pyridine rings is 1. The van der Waals surface area contributed by atoms with Crippen LogP contribution < -0.4 is 10.2 Å². The van der Waals surface area contributed by atoms with E-state index in [0.717, 1.165) is 0 Å². The molecule has 3 heterocycles. The Morgan fingerprint density at radius 3 is 2.39 bits per heavy atom. The Morgan fingerprint density at radius 1 is 1.00 bits per heavy atom. The van der Waals surface area contributed by atoms with Gasteiger partial charge in [-0.15, -0.1) is 0 Å². The van der Waals surface area contributed by atoms with Crippen molar-refractivity contribution in [1.29, 1.82) is 0 Å². The summed E-state index contributed by atoms with van der Waals surface area (Å²) in [5.74, 6) is -1.61. The summed E-state index contributed by atoms with van der Waals surface area (Å²) in [6.07, 6.45) is 4.27. The maximum atomic E-state index is 15.2. The van der Waals surface area contributed by atoms with E-state index in [9.17, 15) is 14.0 Å². The number of benzene rings is 2. The second-order valence-corrected chi connectivity index (χ2v) is 10.2. The first-order valence-corrected chi connectivity index (χ1v) is 13.4. The number of anilines is 2. The Balaban J connectivity index is 1.35. The van der Waals surface area contributed by atoms with Crippen LogP contribution in [-0.2, 0) is 9.59 Å². The predicted octanol–water partition coefficient (Wildman–Crippen LogP) is 5.31. The fourth-order valence-corrected chi connectivity index (χ4v) is 5.03. The highest BCUT2D eigenvalue weighted by molar-refractivity contribution is 6.34. The van der Waals surface area contributed by atoms with Crippen molar-refractivity contribution >= 4 is 46.0 Å². The molecule has 0 bridgehead atoms. The van der Waals surface area contributed by atoms with Crippen LogP contribution in [0.15, 0.2) is 55.0 Å². The van der Waals surface area contributed by atoms with Gasteiger partial charge in [0, 0.05) is 79.3 Å². The second kappa shape index (κ2) is 12.0. The molecule has 1 aliphatic rings. The summed E-state index contributed by atoms with van der Waals surface area (Å²) in [5.41, 5.74) is 2.05. The minimum atomic E-state index is -1.00. The minimum Gasteiger partial charge on any atom is -0.481 e. The van der Waals surface area contributed by atoms with E-state index in [1.165, 1.54) is 30.7 Å². The number of carbonyl (C=O) groups is 2. The Labute approximate surface area is 239 Å². The van der Waals surface area contributed by atoms with Crippen molar-refractivity contribution < 1.29 is 23.5 Å². The number of amides is 1. The summed E-state index contributed by atoms with van der Waals surface area (Å²) in [6.45, 7) is 3.64. The summed E-state index contributed by atoms with van der Waals surface area (Å²) >= 11 is 6.49. The first-order valence-electron chi connectivity index (χ1n) is 13.1. The molecule has 4 aromatic rings. The van der Waals surface area contributed by atoms with E-state index in [1.807, 2.05) is 11.8 Å². The van der Waals surface area contributed by atoms with Gasteiger partial charge < -0.3 is 20.2 Å². The minimum absolute atomic E-state index is 0.0299. The third-order valence-corrected chi connectivity index (χ3v) is 7.35. The van der Waals surface area contributed by atoms with Crippen LogP contribution in [0.25, 0.3) is 22.0 Å². The predicted molar refractivity (Wildman–Crippen MR) is 152 cm³/mol. The van der Waals surface area contributed by atoms with Gasteiger partial charge in [0.25, 0.3) is 0 Å². The molecule has 1 fully saturated rings. The van der Waals surface area contributed by atoms with Crippen LogP contribution in [0, 0.1) is 11.6 Å². The lowest BCUT2D eigenvalue weighted by atomic mass is 10.0. The van der Waals surface area contributed by atoms with Crippen molar-refractivity contribution in [1.82, 2.24) is 19.9 Å². The van der Waals surface area contributed by atoms with Crippen LogP contribution in [0.5, 0.6) is 0 Å². The van der Waals surface area contributed by atoms with E-state index in [-0.39, 0.29) is 30.1 Å². The summed E-state index contributed by atoms with van der Waals surface area (Å²) in [7, 11) is 0. The third kappa shape index (κ3) is 6.19. The van der Waals surface area contributed by atoms with Crippen molar-refractivity contribution in [3.8, 4) is 11.1 Å². The largest absolute Gasteiger partial charge is 0.481 e. The number of carboxylic acid groups (broad SMARTS) is 1. The lowest BCUT2D eigenvalue weighted by Gasteiger charge is -2.34. The maximum Gasteiger partial charge on any atom is 0.303 e. The van der Waals surface area contributed by atoms with Crippen molar-refractivity contribution in [2.24, 2.45) is 0 Å². The number of hydrogen-bond acceptors (Lipinski definition) is 7. The number of fused-ring (bicyclic) bond motifs is 1. The van der Waals surface area contributed by atoms with Crippen molar-refractivity contribution in [3.05, 3.63) is 77.2 Å². The number of nitrogens with zero attached hydrogens (tertiary/aromatic N) is 5. The van der Waals surface area contributed by atoms with Crippen LogP contribution >= 0.6 is 11.6 Å². The standard InChI is InChI=1S/C29H27ClF2N6O3/c1-17(19-4-2-3-5-23(19)31)36-28-21-12-20(24(32)13-25(21)33-16-22(28)30)18-14-34-29(35-15-18)38-10-8-37(9-11-38)26(39)6-7-27(40)41/h2-5,12-17H,6-11H2,1H3,(H,33,36)(H,40,41). The number of hydrogen-bond donors (Lipinski definition) is 2. The SMILES string of the molecule is CC(Nc1c(Cl)cnc2cc(F)c(-c3cnc(N4CCN(C(=O)CCC(=O)O)CC4)nc3)cc12)c1ccccc1F. The Bertz CT molecular complexity index is 1600. The van der Waals surface area contributed by atoms with Gasteiger partial charge in [0.2, 0.25) is 11.9 Å². The molecule has 5 rings (SSSR count). The van der Waals surface area contributed by atoms with Gasteiger partial charge >= 0.3 is 5.97 Å². The van der Waals surface area contributed by atoms with E-state index < -0.39 is 17.8 Å². The molecule has 1 unspecified atom stereocenters. The molecule has 1 saturated heterocycles. The molecule has 2 N–H and O–H groups in total. The van der Waals surface area contributed by atoms with Gasteiger partial charge in [-0.1, -0.05) is 29.8 Å². The average molecular weight is 581 g/mol. The van der Waals surface area contributed by atoms with Crippen LogP contribution in [0.2, 0.25) is 5.02 Å². The van der Waals surface area contributed by atoms with Gasteiger partial charge in [0.1, 0.15) is 11.6 Å². The van der Waals surface area contributed by atoms with Crippen LogP contribution in [0.1, 0.15) is 31.4 Å². The van der Waals surface area contributed by atoms with Crippen LogP contribution in [0.3, 0.4) is 0 Å². The zero-order valence-corrected chi connectivity index (χ0v) is 22.9. The Hall–Kier alpha value is -4.38. The molecule has 0 saturated carbocycles. The molecule has 2 aromatic heterocycles. The molecule has 0 radical (unpaired) electrons. The zero-order chi connectivity index (χ0) is 29.1. The summed E-state index contributed by atoms with van der Waals surface area (Å²) < 4.78 is 29.6. The van der Waals surface area contributed by atoms with Crippen LogP contribution in [0.4, 0.5) is 20.4 Å². The monoisotopic (exact) mass is 580 g/mol. The molecule has 1 aliphatic heterocycles. The lowest BCUT2D eigenvalue weighted by Crippen LogP contribution is -2.49. The highest BCUT2D eigenvalue weighted by Crippen LogP contribution is 2.36. The molecular formula is C29H27ClF2N6O3. The second-order valence-electron chi connectivity index (χ2n) is 9.75. The van der Waals surface area contributed by atoms with E-state index >= 15 is 4.39 Å². The van der Waals surface area contributed by atoms with Gasteiger partial charge in [0.05, 0.1) is 28.7 Å². The number of rotatable bonds is 8. The van der Waals surface area contributed by atoms with Gasteiger partial charge in [0.15, 0.2) is 0 Å². The summed E-state index contributed by atoms with van der Waals surface area (Å²) in [5, 5.41) is 12.9. The molecule has 1 amide bonds. The smallest absolute Gasteiger partial charge is 0.303 e. The first kappa shape index (κ1) is 28.2. The molecule has 12 heteroatoms. The number of nitrogens with one attached hydrogen (secondary N) is 1. The third-order valence-electron chi connectivity index (χ3n) is 7.06. The van der Waals surface area contributed by atoms with E-state index in [2.05, 4.69) is 20.3 Å². The number of halogens is 3. The molecule has 41 heavy (non-hydrogen) atoms. The van der Waals surface area contributed by atoms with Crippen molar-refractivity contribution in [2.45, 2.75) is 25.8 Å². The highest BCUT2D eigenvalue weighted by Gasteiger charge is 2.23. The molecule has 1 atom stereocenters. The lowest BCUT2D eigenvalue weighted by molar-refractivity contribution is -0.141. The first-order chi connectivity index (χ1) is 19.7.